The molecule has 1 aromatic rings. The van der Waals surface area contributed by atoms with Crippen LogP contribution in [0.5, 0.6) is 0 Å². The Balaban J connectivity index is 3.14. The van der Waals surface area contributed by atoms with E-state index in [1.54, 1.807) is 32.0 Å². The number of aliphatic carboxylic acids is 1. The summed E-state index contributed by atoms with van der Waals surface area (Å²) in [5.41, 5.74) is 0.669. The van der Waals surface area contributed by atoms with Gasteiger partial charge in [0.25, 0.3) is 0 Å². The third-order valence-corrected chi connectivity index (χ3v) is 4.40. The maximum Gasteiger partial charge on any atom is 0.322 e. The summed E-state index contributed by atoms with van der Waals surface area (Å²) >= 11 is 0. The molecular weight excluding hydrogens is 266 g/mol. The van der Waals surface area contributed by atoms with Crippen molar-refractivity contribution in [1.82, 2.24) is 4.72 Å². The molecule has 0 amide bonds. The lowest BCUT2D eigenvalue weighted by molar-refractivity contribution is -0.140. The zero-order valence-corrected chi connectivity index (χ0v) is 12.1. The molecule has 0 heterocycles. The number of aryl methyl sites for hydroxylation is 1. The van der Waals surface area contributed by atoms with Crippen molar-refractivity contribution in [3.05, 3.63) is 29.8 Å². The lowest BCUT2D eigenvalue weighted by Crippen LogP contribution is -2.44. The second-order valence-corrected chi connectivity index (χ2v) is 6.32. The number of hydrogen-bond donors (Lipinski definition) is 2. The Labute approximate surface area is 113 Å². The first kappa shape index (κ1) is 15.7. The van der Waals surface area contributed by atoms with Gasteiger partial charge in [0.1, 0.15) is 6.04 Å². The van der Waals surface area contributed by atoms with Crippen molar-refractivity contribution >= 4 is 16.0 Å². The zero-order chi connectivity index (χ0) is 14.6. The number of sulfonamides is 1. The Kier molecular flexibility index (Phi) is 5.08. The van der Waals surface area contributed by atoms with Crippen LogP contribution < -0.4 is 4.72 Å². The van der Waals surface area contributed by atoms with Crippen molar-refractivity contribution in [2.75, 3.05) is 0 Å². The van der Waals surface area contributed by atoms with Crippen molar-refractivity contribution in [1.29, 1.82) is 0 Å². The fraction of sp³-hybridized carbons (Fsp3) is 0.462. The van der Waals surface area contributed by atoms with E-state index in [0.29, 0.717) is 12.0 Å². The molecule has 0 bridgehead atoms. The van der Waals surface area contributed by atoms with Crippen LogP contribution in [0.15, 0.2) is 29.2 Å². The normalized spacial score (nSPS) is 13.5. The van der Waals surface area contributed by atoms with Crippen LogP contribution in [0.4, 0.5) is 0 Å². The van der Waals surface area contributed by atoms with Crippen LogP contribution in [-0.2, 0) is 21.2 Å². The van der Waals surface area contributed by atoms with Crippen molar-refractivity contribution in [3.8, 4) is 0 Å². The molecule has 0 aliphatic carbocycles. The average Bonchev–Trinajstić information content (AvgIpc) is 2.35. The van der Waals surface area contributed by atoms with Crippen LogP contribution in [0, 0.1) is 5.92 Å². The highest BCUT2D eigenvalue weighted by Crippen LogP contribution is 2.17. The van der Waals surface area contributed by atoms with Crippen molar-refractivity contribution in [3.63, 3.8) is 0 Å². The highest BCUT2D eigenvalue weighted by atomic mass is 32.2. The van der Waals surface area contributed by atoms with Gasteiger partial charge < -0.3 is 5.11 Å². The van der Waals surface area contributed by atoms with Gasteiger partial charge in [-0.25, -0.2) is 8.42 Å². The van der Waals surface area contributed by atoms with E-state index in [2.05, 4.69) is 4.72 Å². The van der Waals surface area contributed by atoms with Crippen molar-refractivity contribution in [2.45, 2.75) is 38.1 Å². The molecule has 0 saturated carbocycles. The first-order valence-corrected chi connectivity index (χ1v) is 7.61. The Morgan fingerprint density at radius 1 is 1.32 bits per heavy atom. The SMILES string of the molecule is CCc1ccccc1S(=O)(=O)NC(C(=O)O)C(C)C. The molecule has 0 aliphatic heterocycles. The lowest BCUT2D eigenvalue weighted by Gasteiger charge is -2.19. The molecule has 19 heavy (non-hydrogen) atoms. The average molecular weight is 285 g/mol. The monoisotopic (exact) mass is 285 g/mol. The van der Waals surface area contributed by atoms with Gasteiger partial charge in [-0.05, 0) is 24.0 Å². The van der Waals surface area contributed by atoms with E-state index in [1.165, 1.54) is 6.07 Å². The summed E-state index contributed by atoms with van der Waals surface area (Å²) in [5.74, 6) is -1.51. The lowest BCUT2D eigenvalue weighted by atomic mass is 10.1. The topological polar surface area (TPSA) is 83.5 Å². The van der Waals surface area contributed by atoms with E-state index in [0.717, 1.165) is 0 Å². The van der Waals surface area contributed by atoms with Gasteiger partial charge in [0.15, 0.2) is 0 Å². The maximum atomic E-state index is 12.3. The summed E-state index contributed by atoms with van der Waals surface area (Å²) in [6.07, 6.45) is 0.566. The third kappa shape index (κ3) is 3.78. The number of benzene rings is 1. The Morgan fingerprint density at radius 3 is 2.37 bits per heavy atom. The van der Waals surface area contributed by atoms with E-state index in [-0.39, 0.29) is 10.8 Å². The van der Waals surface area contributed by atoms with Gasteiger partial charge in [0, 0.05) is 0 Å². The largest absolute Gasteiger partial charge is 0.480 e. The number of hydrogen-bond acceptors (Lipinski definition) is 3. The molecule has 0 aromatic heterocycles. The Hall–Kier alpha value is -1.40. The number of rotatable bonds is 6. The van der Waals surface area contributed by atoms with E-state index in [1.807, 2.05) is 6.92 Å². The molecular formula is C13H19NO4S. The maximum absolute atomic E-state index is 12.3. The molecule has 1 aromatic carbocycles. The number of nitrogens with one attached hydrogen (secondary N) is 1. The molecule has 2 N–H and O–H groups in total. The van der Waals surface area contributed by atoms with E-state index in [9.17, 15) is 13.2 Å². The first-order chi connectivity index (χ1) is 8.79. The van der Waals surface area contributed by atoms with Crippen LogP contribution in [0.2, 0.25) is 0 Å². The zero-order valence-electron chi connectivity index (χ0n) is 11.3. The van der Waals surface area contributed by atoms with Crippen molar-refractivity contribution < 1.29 is 18.3 Å². The molecule has 0 aliphatic rings. The molecule has 0 radical (unpaired) electrons. The Morgan fingerprint density at radius 2 is 1.89 bits per heavy atom. The molecule has 0 fully saturated rings. The predicted molar refractivity (Wildman–Crippen MR) is 72.4 cm³/mol. The van der Waals surface area contributed by atoms with E-state index in [4.69, 9.17) is 5.11 Å². The smallest absolute Gasteiger partial charge is 0.322 e. The predicted octanol–water partition coefficient (Wildman–Crippen LogP) is 1.64. The van der Waals surface area contributed by atoms with Crippen LogP contribution in [0.25, 0.3) is 0 Å². The highest BCUT2D eigenvalue weighted by Gasteiger charge is 2.28. The number of carboxylic acids is 1. The van der Waals surface area contributed by atoms with Crippen LogP contribution in [-0.4, -0.2) is 25.5 Å². The van der Waals surface area contributed by atoms with Gasteiger partial charge in [0.05, 0.1) is 4.90 Å². The fourth-order valence-corrected chi connectivity index (χ4v) is 3.41. The van der Waals surface area contributed by atoms with Gasteiger partial charge in [-0.15, -0.1) is 0 Å². The van der Waals surface area contributed by atoms with E-state index < -0.39 is 22.0 Å². The Bertz CT molecular complexity index is 552. The van der Waals surface area contributed by atoms with Gasteiger partial charge in [-0.1, -0.05) is 39.0 Å². The van der Waals surface area contributed by atoms with Gasteiger partial charge in [-0.3, -0.25) is 4.79 Å². The van der Waals surface area contributed by atoms with Crippen LogP contribution in [0.1, 0.15) is 26.3 Å². The molecule has 6 heteroatoms. The molecule has 1 atom stereocenters. The summed E-state index contributed by atoms with van der Waals surface area (Å²) in [6, 6.07) is 5.46. The molecule has 106 valence electrons. The van der Waals surface area contributed by atoms with Gasteiger partial charge >= 0.3 is 5.97 Å². The van der Waals surface area contributed by atoms with Gasteiger partial charge in [0.2, 0.25) is 10.0 Å². The standard InChI is InChI=1S/C13H19NO4S/c1-4-10-7-5-6-8-11(10)19(17,18)14-12(9(2)3)13(15)16/h5-9,12,14H,4H2,1-3H3,(H,15,16). The minimum atomic E-state index is -3.82. The molecule has 1 rings (SSSR count). The minimum absolute atomic E-state index is 0.143. The summed E-state index contributed by atoms with van der Waals surface area (Å²) in [4.78, 5) is 11.2. The molecule has 1 unspecified atom stereocenters. The summed E-state index contributed by atoms with van der Waals surface area (Å²) in [7, 11) is -3.82. The summed E-state index contributed by atoms with van der Waals surface area (Å²) in [6.45, 7) is 5.17. The van der Waals surface area contributed by atoms with Crippen molar-refractivity contribution in [2.24, 2.45) is 5.92 Å². The highest BCUT2D eigenvalue weighted by molar-refractivity contribution is 7.89. The van der Waals surface area contributed by atoms with Gasteiger partial charge in [-0.2, -0.15) is 4.72 Å². The third-order valence-electron chi connectivity index (χ3n) is 2.86. The summed E-state index contributed by atoms with van der Waals surface area (Å²) < 4.78 is 26.8. The molecule has 5 nitrogen and oxygen atoms in total. The van der Waals surface area contributed by atoms with Crippen LogP contribution in [0.3, 0.4) is 0 Å². The molecule has 0 spiro atoms. The quantitative estimate of drug-likeness (QED) is 0.832. The fourth-order valence-electron chi connectivity index (χ4n) is 1.76. The first-order valence-electron chi connectivity index (χ1n) is 6.12. The minimum Gasteiger partial charge on any atom is -0.480 e. The number of carbonyl (C=O) groups is 1. The second-order valence-electron chi connectivity index (χ2n) is 4.64. The molecule has 0 saturated heterocycles. The summed E-state index contributed by atoms with van der Waals surface area (Å²) in [5, 5.41) is 9.05. The second kappa shape index (κ2) is 6.16. The van der Waals surface area contributed by atoms with Crippen LogP contribution >= 0.6 is 0 Å². The number of carboxylic acid groups (broad SMARTS) is 1. The van der Waals surface area contributed by atoms with E-state index >= 15 is 0 Å².